The summed E-state index contributed by atoms with van der Waals surface area (Å²) in [5, 5.41) is 13.1. The first-order valence-electron chi connectivity index (χ1n) is 9.18. The number of nitrogens with zero attached hydrogens (tertiary/aromatic N) is 4. The van der Waals surface area contributed by atoms with Crippen molar-refractivity contribution >= 4 is 34.0 Å². The van der Waals surface area contributed by atoms with E-state index in [1.54, 1.807) is 16.6 Å². The first-order chi connectivity index (χ1) is 14.6. The maximum atomic E-state index is 14.1. The van der Waals surface area contributed by atoms with E-state index in [2.05, 4.69) is 15.6 Å². The fraction of sp³-hybridized carbons (Fsp3) is 0.0455. The summed E-state index contributed by atoms with van der Waals surface area (Å²) in [7, 11) is 0. The molecule has 5 aromatic rings. The first-order valence-corrected chi connectivity index (χ1v) is 9.56. The number of anilines is 1. The molecule has 0 amide bonds. The summed E-state index contributed by atoms with van der Waals surface area (Å²) >= 11 is 6.13. The van der Waals surface area contributed by atoms with Gasteiger partial charge in [-0.05, 0) is 30.3 Å². The lowest BCUT2D eigenvalue weighted by Crippen LogP contribution is -2.06. The largest absolute Gasteiger partial charge is 0.365 e. The lowest BCUT2D eigenvalue weighted by molar-refractivity contribution is 0.574. The fourth-order valence-electron chi connectivity index (χ4n) is 3.37. The highest BCUT2D eigenvalue weighted by Gasteiger charge is 2.16. The summed E-state index contributed by atoms with van der Waals surface area (Å²) in [6.45, 7) is 0.146. The average molecular weight is 422 g/mol. The molecule has 0 atom stereocenters. The molecule has 2 aromatic heterocycles. The fourth-order valence-corrected chi connectivity index (χ4v) is 3.56. The first kappa shape index (κ1) is 18.4. The van der Waals surface area contributed by atoms with E-state index in [1.165, 1.54) is 12.1 Å². The predicted molar refractivity (Wildman–Crippen MR) is 112 cm³/mol. The number of halogens is 3. The van der Waals surface area contributed by atoms with Crippen molar-refractivity contribution in [2.75, 3.05) is 5.32 Å². The van der Waals surface area contributed by atoms with Gasteiger partial charge >= 0.3 is 0 Å². The van der Waals surface area contributed by atoms with Gasteiger partial charge in [-0.3, -0.25) is 0 Å². The number of para-hydroxylation sites is 1. The highest BCUT2D eigenvalue weighted by molar-refractivity contribution is 6.30. The zero-order valence-electron chi connectivity index (χ0n) is 15.5. The third-order valence-electron chi connectivity index (χ3n) is 4.81. The second-order valence-corrected chi connectivity index (χ2v) is 7.19. The van der Waals surface area contributed by atoms with Crippen LogP contribution >= 0.6 is 11.6 Å². The maximum Gasteiger partial charge on any atom is 0.186 e. The Bertz CT molecular complexity index is 1400. The number of fused-ring (bicyclic) bond motifs is 3. The lowest BCUT2D eigenvalue weighted by Gasteiger charge is -2.11. The molecule has 8 heteroatoms. The molecule has 5 nitrogen and oxygen atoms in total. The van der Waals surface area contributed by atoms with E-state index in [1.807, 2.05) is 36.4 Å². The molecule has 0 aliphatic heterocycles. The Labute approximate surface area is 174 Å². The number of benzene rings is 3. The monoisotopic (exact) mass is 421 g/mol. The van der Waals surface area contributed by atoms with Gasteiger partial charge in [0, 0.05) is 34.1 Å². The van der Waals surface area contributed by atoms with Crippen molar-refractivity contribution in [2.45, 2.75) is 6.54 Å². The van der Waals surface area contributed by atoms with Crippen LogP contribution in [-0.2, 0) is 6.54 Å². The van der Waals surface area contributed by atoms with Crippen molar-refractivity contribution in [2.24, 2.45) is 0 Å². The van der Waals surface area contributed by atoms with Crippen LogP contribution in [0.2, 0.25) is 5.02 Å². The van der Waals surface area contributed by atoms with E-state index < -0.39 is 11.6 Å². The van der Waals surface area contributed by atoms with Crippen LogP contribution in [0.3, 0.4) is 0 Å². The standard InChI is InChI=1S/C22H14ClF2N5/c23-15-5-3-4-13(10-15)20-22-27-21(26-12-14-8-9-16(24)11-18(14)25)17-6-1-2-7-19(17)30(22)29-28-20/h1-11H,12H2,(H,26,27). The van der Waals surface area contributed by atoms with E-state index in [-0.39, 0.29) is 6.54 Å². The molecular formula is C22H14ClF2N5. The molecule has 3 aromatic carbocycles. The molecule has 148 valence electrons. The summed E-state index contributed by atoms with van der Waals surface area (Å²) in [4.78, 5) is 4.72. The molecule has 30 heavy (non-hydrogen) atoms. The van der Waals surface area contributed by atoms with E-state index in [0.717, 1.165) is 22.5 Å². The van der Waals surface area contributed by atoms with Crippen LogP contribution < -0.4 is 5.32 Å². The normalized spacial score (nSPS) is 11.3. The third kappa shape index (κ3) is 3.23. The average Bonchev–Trinajstić information content (AvgIpc) is 3.17. The van der Waals surface area contributed by atoms with Crippen LogP contribution in [0, 0.1) is 11.6 Å². The van der Waals surface area contributed by atoms with Crippen LogP contribution in [0.25, 0.3) is 27.8 Å². The second-order valence-electron chi connectivity index (χ2n) is 6.75. The summed E-state index contributed by atoms with van der Waals surface area (Å²) < 4.78 is 28.9. The molecule has 0 aliphatic rings. The molecule has 5 rings (SSSR count). The van der Waals surface area contributed by atoms with Crippen LogP contribution in [0.1, 0.15) is 5.56 Å². The molecule has 0 radical (unpaired) electrons. The van der Waals surface area contributed by atoms with Gasteiger partial charge in [-0.2, -0.15) is 4.52 Å². The summed E-state index contributed by atoms with van der Waals surface area (Å²) in [6.07, 6.45) is 0. The van der Waals surface area contributed by atoms with Gasteiger partial charge in [-0.15, -0.1) is 5.10 Å². The van der Waals surface area contributed by atoms with Gasteiger partial charge in [0.25, 0.3) is 0 Å². The minimum absolute atomic E-state index is 0.146. The summed E-state index contributed by atoms with van der Waals surface area (Å²) in [5.74, 6) is -0.677. The van der Waals surface area contributed by atoms with Crippen molar-refractivity contribution in [1.82, 2.24) is 19.8 Å². The van der Waals surface area contributed by atoms with E-state index in [9.17, 15) is 8.78 Å². The lowest BCUT2D eigenvalue weighted by atomic mass is 10.1. The molecule has 0 bridgehead atoms. The Kier molecular flexibility index (Phi) is 4.52. The molecular weight excluding hydrogens is 408 g/mol. The molecule has 0 aliphatic carbocycles. The van der Waals surface area contributed by atoms with Gasteiger partial charge in [0.15, 0.2) is 5.65 Å². The zero-order chi connectivity index (χ0) is 20.7. The van der Waals surface area contributed by atoms with Crippen molar-refractivity contribution in [3.63, 3.8) is 0 Å². The topological polar surface area (TPSA) is 55.1 Å². The van der Waals surface area contributed by atoms with Gasteiger partial charge in [0.2, 0.25) is 0 Å². The van der Waals surface area contributed by atoms with Crippen molar-refractivity contribution in [3.05, 3.63) is 89.0 Å². The van der Waals surface area contributed by atoms with Gasteiger partial charge in [0.1, 0.15) is 23.1 Å². The second kappa shape index (κ2) is 7.35. The van der Waals surface area contributed by atoms with E-state index in [0.29, 0.717) is 27.7 Å². The van der Waals surface area contributed by atoms with Crippen molar-refractivity contribution in [3.8, 4) is 11.3 Å². The number of hydrogen-bond acceptors (Lipinski definition) is 4. The van der Waals surface area contributed by atoms with Crippen LogP contribution in [-0.4, -0.2) is 19.8 Å². The van der Waals surface area contributed by atoms with Gasteiger partial charge in [0.05, 0.1) is 5.52 Å². The Morgan fingerprint density at radius 3 is 2.67 bits per heavy atom. The summed E-state index contributed by atoms with van der Waals surface area (Å²) in [5.41, 5.74) is 3.04. The smallest absolute Gasteiger partial charge is 0.186 e. The van der Waals surface area contributed by atoms with E-state index in [4.69, 9.17) is 16.6 Å². The Balaban J connectivity index is 1.63. The Morgan fingerprint density at radius 2 is 1.83 bits per heavy atom. The van der Waals surface area contributed by atoms with Crippen molar-refractivity contribution < 1.29 is 8.78 Å². The Morgan fingerprint density at radius 1 is 0.967 bits per heavy atom. The highest BCUT2D eigenvalue weighted by atomic mass is 35.5. The highest BCUT2D eigenvalue weighted by Crippen LogP contribution is 2.29. The van der Waals surface area contributed by atoms with Crippen LogP contribution in [0.4, 0.5) is 14.6 Å². The molecule has 0 saturated heterocycles. The third-order valence-corrected chi connectivity index (χ3v) is 5.05. The molecule has 2 heterocycles. The molecule has 0 saturated carbocycles. The number of hydrogen-bond donors (Lipinski definition) is 1. The van der Waals surface area contributed by atoms with Crippen molar-refractivity contribution in [1.29, 1.82) is 0 Å². The zero-order valence-corrected chi connectivity index (χ0v) is 16.2. The summed E-state index contributed by atoms with van der Waals surface area (Å²) in [6, 6.07) is 18.4. The number of rotatable bonds is 4. The number of nitrogens with one attached hydrogen (secondary N) is 1. The molecule has 0 unspecified atom stereocenters. The predicted octanol–water partition coefficient (Wildman–Crippen LogP) is 5.49. The Hall–Kier alpha value is -3.58. The van der Waals surface area contributed by atoms with Gasteiger partial charge in [-0.1, -0.05) is 47.1 Å². The number of aromatic nitrogens is 4. The van der Waals surface area contributed by atoms with Gasteiger partial charge in [-0.25, -0.2) is 13.8 Å². The van der Waals surface area contributed by atoms with E-state index >= 15 is 0 Å². The van der Waals surface area contributed by atoms with Crippen LogP contribution in [0.15, 0.2) is 66.7 Å². The van der Waals surface area contributed by atoms with Gasteiger partial charge < -0.3 is 5.32 Å². The molecule has 0 fully saturated rings. The maximum absolute atomic E-state index is 14.1. The quantitative estimate of drug-likeness (QED) is 0.417. The molecule has 1 N–H and O–H groups in total. The minimum atomic E-state index is -0.613. The SMILES string of the molecule is Fc1ccc(CNc2nc3c(-c4cccc(Cl)c4)nnn3c3ccccc23)c(F)c1. The minimum Gasteiger partial charge on any atom is -0.365 e. The molecule has 0 spiro atoms. The van der Waals surface area contributed by atoms with Crippen LogP contribution in [0.5, 0.6) is 0 Å².